The number of nitrogens with zero attached hydrogens (tertiary/aromatic N) is 7. The van der Waals surface area contributed by atoms with Gasteiger partial charge in [-0.15, -0.1) is 12.4 Å². The highest BCUT2D eigenvalue weighted by Crippen LogP contribution is 2.31. The van der Waals surface area contributed by atoms with Crippen molar-refractivity contribution in [2.24, 2.45) is 0 Å². The van der Waals surface area contributed by atoms with Crippen molar-refractivity contribution in [3.8, 4) is 34.7 Å². The topological polar surface area (TPSA) is 193 Å². The normalized spacial score (nSPS) is 11.2. The minimum absolute atomic E-state index is 0. The molecule has 17 heteroatoms. The van der Waals surface area contributed by atoms with Crippen LogP contribution in [0.3, 0.4) is 0 Å². The van der Waals surface area contributed by atoms with Gasteiger partial charge >= 0.3 is 6.09 Å². The van der Waals surface area contributed by atoms with E-state index in [0.717, 1.165) is 9.54 Å². The van der Waals surface area contributed by atoms with E-state index in [-0.39, 0.29) is 45.8 Å². The maximum Gasteiger partial charge on any atom is 0.410 e. The Kier molecular flexibility index (Phi) is 14.4. The molecule has 4 heterocycles. The van der Waals surface area contributed by atoms with Crippen LogP contribution in [0.2, 0.25) is 0 Å². The highest BCUT2D eigenvalue weighted by atomic mass is 35.5. The molecule has 58 heavy (non-hydrogen) atoms. The number of carbonyl (C=O) groups excluding carboxylic acids is 1. The van der Waals surface area contributed by atoms with Gasteiger partial charge in [-0.05, 0) is 99.6 Å². The first-order valence-corrected chi connectivity index (χ1v) is 20.3. The SMILES string of the molecule is CN(Cc1cc(-c2cccnc2C#N)n(S(=O)(=O)c2ccccc2)c1)C(=O)OC(C)(C)C.CNCc1cc(-c2cccnc2C#N)n(S(=O)(=O)c2ccccc2)c1.Cl. The molecular formula is C41H41ClN8O6S2. The van der Waals surface area contributed by atoms with E-state index in [1.54, 1.807) is 126 Å². The van der Waals surface area contributed by atoms with Crippen LogP contribution in [0.5, 0.6) is 0 Å². The van der Waals surface area contributed by atoms with Crippen LogP contribution in [0.1, 0.15) is 43.3 Å². The molecule has 0 aliphatic carbocycles. The number of halogens is 1. The zero-order valence-corrected chi connectivity index (χ0v) is 34.7. The van der Waals surface area contributed by atoms with E-state index in [0.29, 0.717) is 28.9 Å². The van der Waals surface area contributed by atoms with E-state index in [1.165, 1.54) is 39.6 Å². The Hall–Kier alpha value is -6.30. The summed E-state index contributed by atoms with van der Waals surface area (Å²) >= 11 is 0. The van der Waals surface area contributed by atoms with Crippen molar-refractivity contribution >= 4 is 38.5 Å². The quantitative estimate of drug-likeness (QED) is 0.152. The molecule has 1 amide bonds. The molecule has 0 atom stereocenters. The van der Waals surface area contributed by atoms with Gasteiger partial charge < -0.3 is 15.0 Å². The van der Waals surface area contributed by atoms with Gasteiger partial charge in [0.05, 0.1) is 27.7 Å². The number of carbonyl (C=O) groups is 1. The van der Waals surface area contributed by atoms with Gasteiger partial charge in [-0.1, -0.05) is 36.4 Å². The smallest absolute Gasteiger partial charge is 0.410 e. The predicted molar refractivity (Wildman–Crippen MR) is 221 cm³/mol. The molecule has 6 rings (SSSR count). The molecule has 0 aliphatic rings. The number of nitrogens with one attached hydrogen (secondary N) is 1. The van der Waals surface area contributed by atoms with Gasteiger partial charge in [-0.3, -0.25) is 0 Å². The largest absolute Gasteiger partial charge is 0.444 e. The summed E-state index contributed by atoms with van der Waals surface area (Å²) < 4.78 is 60.7. The Bertz CT molecular complexity index is 2680. The number of pyridine rings is 2. The Labute approximate surface area is 344 Å². The Morgan fingerprint density at radius 3 is 1.59 bits per heavy atom. The third-order valence-electron chi connectivity index (χ3n) is 8.17. The highest BCUT2D eigenvalue weighted by Gasteiger charge is 2.26. The van der Waals surface area contributed by atoms with Crippen LogP contribution in [0, 0.1) is 22.7 Å². The lowest BCUT2D eigenvalue weighted by molar-refractivity contribution is 0.0285. The molecule has 1 N–H and O–H groups in total. The van der Waals surface area contributed by atoms with Crippen LogP contribution >= 0.6 is 12.4 Å². The Balaban J connectivity index is 0.000000259. The van der Waals surface area contributed by atoms with E-state index >= 15 is 0 Å². The van der Waals surface area contributed by atoms with Crippen molar-refractivity contribution < 1.29 is 26.4 Å². The van der Waals surface area contributed by atoms with Crippen molar-refractivity contribution in [3.63, 3.8) is 0 Å². The van der Waals surface area contributed by atoms with Crippen molar-refractivity contribution in [2.75, 3.05) is 14.1 Å². The van der Waals surface area contributed by atoms with Gasteiger partial charge in [0.2, 0.25) is 0 Å². The van der Waals surface area contributed by atoms with Gasteiger partial charge in [0.1, 0.15) is 29.1 Å². The number of aromatic nitrogens is 4. The zero-order chi connectivity index (χ0) is 41.4. The van der Waals surface area contributed by atoms with Crippen LogP contribution in [0.15, 0.2) is 132 Å². The number of hydrogen-bond donors (Lipinski definition) is 1. The monoisotopic (exact) mass is 840 g/mol. The van der Waals surface area contributed by atoms with Crippen molar-refractivity contribution in [1.82, 2.24) is 28.1 Å². The van der Waals surface area contributed by atoms with E-state index < -0.39 is 31.7 Å². The fourth-order valence-electron chi connectivity index (χ4n) is 5.66. The Morgan fingerprint density at radius 1 is 0.741 bits per heavy atom. The Morgan fingerprint density at radius 2 is 1.17 bits per heavy atom. The summed E-state index contributed by atoms with van der Waals surface area (Å²) in [7, 11) is -4.39. The van der Waals surface area contributed by atoms with Crippen LogP contribution in [-0.2, 0) is 37.9 Å². The summed E-state index contributed by atoms with van der Waals surface area (Å²) in [4.78, 5) is 22.1. The molecule has 0 fully saturated rings. The van der Waals surface area contributed by atoms with E-state index in [1.807, 2.05) is 12.1 Å². The van der Waals surface area contributed by atoms with Gasteiger partial charge in [-0.25, -0.2) is 39.5 Å². The minimum atomic E-state index is -3.96. The third kappa shape index (κ3) is 10.2. The van der Waals surface area contributed by atoms with Crippen LogP contribution in [-0.4, -0.2) is 65.4 Å². The number of ether oxygens (including phenoxy) is 1. The van der Waals surface area contributed by atoms with Gasteiger partial charge in [0.25, 0.3) is 20.0 Å². The molecular weight excluding hydrogens is 800 g/mol. The summed E-state index contributed by atoms with van der Waals surface area (Å²) in [6.45, 7) is 5.93. The first-order chi connectivity index (χ1) is 27.1. The molecule has 300 valence electrons. The van der Waals surface area contributed by atoms with Crippen molar-refractivity contribution in [3.05, 3.63) is 144 Å². The van der Waals surface area contributed by atoms with Crippen molar-refractivity contribution in [2.45, 2.75) is 49.3 Å². The standard InChI is InChI=1S/C23H24N4O4S.C18H16N4O2S.ClH/c1-23(2,3)31-22(28)26(4)15-17-13-21(19-11-8-12-25-20(19)14-24)27(16-17)32(29,30)18-9-6-5-7-10-18;1-20-12-14-10-18(16-8-5-9-21-17(16)11-19)22(13-14)25(23,24)15-6-3-2-4-7-15;/h5-13,16H,15H2,1-4H3;2-10,13,20H,12H2,1H3;1H. The van der Waals surface area contributed by atoms with Gasteiger partial charge in [-0.2, -0.15) is 10.5 Å². The number of rotatable bonds is 10. The first-order valence-electron chi connectivity index (χ1n) is 17.4. The summed E-state index contributed by atoms with van der Waals surface area (Å²) in [5.41, 5.74) is 2.53. The second kappa shape index (κ2) is 18.8. The van der Waals surface area contributed by atoms with Gasteiger partial charge in [0.15, 0.2) is 0 Å². The lowest BCUT2D eigenvalue weighted by Crippen LogP contribution is -2.33. The molecule has 0 aliphatic heterocycles. The third-order valence-corrected chi connectivity index (χ3v) is 11.5. The summed E-state index contributed by atoms with van der Waals surface area (Å²) in [5, 5.41) is 21.8. The molecule has 0 saturated heterocycles. The fraction of sp³-hybridized carbons (Fsp3) is 0.195. The number of hydrogen-bond acceptors (Lipinski definition) is 11. The summed E-state index contributed by atoms with van der Waals surface area (Å²) in [6, 6.07) is 30.3. The molecule has 2 aromatic carbocycles. The molecule has 0 spiro atoms. The number of amides is 1. The zero-order valence-electron chi connectivity index (χ0n) is 32.3. The van der Waals surface area contributed by atoms with Gasteiger partial charge in [0, 0.05) is 49.5 Å². The molecule has 0 bridgehead atoms. The minimum Gasteiger partial charge on any atom is -0.444 e. The second-order valence-electron chi connectivity index (χ2n) is 13.6. The fourth-order valence-corrected chi connectivity index (χ4v) is 8.49. The summed E-state index contributed by atoms with van der Waals surface area (Å²) in [6.07, 6.45) is 5.47. The average molecular weight is 841 g/mol. The molecule has 0 unspecified atom stereocenters. The maximum absolute atomic E-state index is 13.4. The van der Waals surface area contributed by atoms with Crippen LogP contribution < -0.4 is 5.32 Å². The molecule has 0 radical (unpaired) electrons. The van der Waals surface area contributed by atoms with E-state index in [9.17, 15) is 32.2 Å². The second-order valence-corrected chi connectivity index (χ2v) is 17.2. The first kappa shape index (κ1) is 44.4. The highest BCUT2D eigenvalue weighted by molar-refractivity contribution is 7.90. The number of benzene rings is 2. The number of nitriles is 2. The van der Waals surface area contributed by atoms with Crippen LogP contribution in [0.25, 0.3) is 22.5 Å². The van der Waals surface area contributed by atoms with Crippen molar-refractivity contribution in [1.29, 1.82) is 10.5 Å². The summed E-state index contributed by atoms with van der Waals surface area (Å²) in [5.74, 6) is 0. The average Bonchev–Trinajstić information content (AvgIpc) is 3.84. The lowest BCUT2D eigenvalue weighted by atomic mass is 10.1. The molecule has 0 saturated carbocycles. The molecule has 6 aromatic rings. The molecule has 4 aromatic heterocycles. The van der Waals surface area contributed by atoms with E-state index in [4.69, 9.17) is 4.74 Å². The van der Waals surface area contributed by atoms with E-state index in [2.05, 4.69) is 15.3 Å². The van der Waals surface area contributed by atoms with Crippen LogP contribution in [0.4, 0.5) is 4.79 Å². The maximum atomic E-state index is 13.4. The molecule has 14 nitrogen and oxygen atoms in total. The predicted octanol–water partition coefficient (Wildman–Crippen LogP) is 6.83. The lowest BCUT2D eigenvalue weighted by Gasteiger charge is -2.24.